The Kier molecular flexibility index (Phi) is 1.93. The number of rotatable bonds is 1. The summed E-state index contributed by atoms with van der Waals surface area (Å²) in [4.78, 5) is 10.5. The fourth-order valence-corrected chi connectivity index (χ4v) is 3.75. The highest BCUT2D eigenvalue weighted by Gasteiger charge is 2.30. The summed E-state index contributed by atoms with van der Waals surface area (Å²) < 4.78 is 11.4. The lowest BCUT2D eigenvalue weighted by Gasteiger charge is -2.00. The topological polar surface area (TPSA) is 54.4 Å². The molecule has 1 rings (SSSR count). The van der Waals surface area contributed by atoms with Crippen molar-refractivity contribution in [3.63, 3.8) is 0 Å². The van der Waals surface area contributed by atoms with Crippen LogP contribution in [0.1, 0.15) is 6.92 Å². The molecule has 1 aliphatic rings. The first-order valence-electron chi connectivity index (χ1n) is 3.40. The van der Waals surface area contributed by atoms with Crippen molar-refractivity contribution in [2.24, 2.45) is 0 Å². The molecule has 0 aliphatic carbocycles. The predicted octanol–water partition coefficient (Wildman–Crippen LogP) is 1.39. The minimum Gasteiger partial charge on any atom is -0.478 e. The fourth-order valence-electron chi connectivity index (χ4n) is 1.37. The lowest BCUT2D eigenvalue weighted by Crippen LogP contribution is -2.02. The minimum atomic E-state index is -2.16. The van der Waals surface area contributed by atoms with Crippen LogP contribution in [0.15, 0.2) is 11.1 Å². The van der Waals surface area contributed by atoms with Crippen LogP contribution >= 0.6 is 7.14 Å². The van der Waals surface area contributed by atoms with E-state index in [2.05, 4.69) is 0 Å². The molecule has 4 heteroatoms. The molecular weight excluding hydrogens is 163 g/mol. The van der Waals surface area contributed by atoms with E-state index < -0.39 is 13.1 Å². The predicted molar refractivity (Wildman–Crippen MR) is 43.6 cm³/mol. The van der Waals surface area contributed by atoms with Gasteiger partial charge in [0.05, 0.1) is 7.14 Å². The molecule has 62 valence electrons. The summed E-state index contributed by atoms with van der Waals surface area (Å²) in [6.45, 7) is 3.40. The highest BCUT2D eigenvalue weighted by molar-refractivity contribution is 7.64. The molecule has 0 aromatic heterocycles. The fraction of sp³-hybridized carbons (Fsp3) is 0.571. The van der Waals surface area contributed by atoms with E-state index >= 15 is 0 Å². The van der Waals surface area contributed by atoms with Crippen molar-refractivity contribution in [2.45, 2.75) is 6.92 Å². The Balaban J connectivity index is 2.92. The van der Waals surface area contributed by atoms with Crippen molar-refractivity contribution in [3.05, 3.63) is 11.1 Å². The van der Waals surface area contributed by atoms with Gasteiger partial charge in [0, 0.05) is 17.9 Å². The van der Waals surface area contributed by atoms with E-state index in [0.717, 1.165) is 5.57 Å². The molecule has 0 radical (unpaired) electrons. The normalized spacial score (nSPS) is 31.1. The van der Waals surface area contributed by atoms with Crippen LogP contribution in [0.4, 0.5) is 0 Å². The number of carboxylic acids is 1. The number of carbonyl (C=O) groups is 1. The van der Waals surface area contributed by atoms with Crippen LogP contribution in [-0.2, 0) is 9.36 Å². The molecule has 0 aromatic rings. The zero-order valence-corrected chi connectivity index (χ0v) is 7.52. The van der Waals surface area contributed by atoms with Gasteiger partial charge in [0.1, 0.15) is 0 Å². The van der Waals surface area contributed by atoms with Crippen molar-refractivity contribution in [1.29, 1.82) is 0 Å². The monoisotopic (exact) mass is 174 g/mol. The summed E-state index contributed by atoms with van der Waals surface area (Å²) in [5.41, 5.74) is 1.14. The van der Waals surface area contributed by atoms with Crippen LogP contribution in [-0.4, -0.2) is 30.1 Å². The second-order valence-corrected chi connectivity index (χ2v) is 6.40. The SMILES string of the molecule is CC1=C(C(=O)O)CP(C)(=O)C1. The first-order valence-corrected chi connectivity index (χ1v) is 5.92. The molecule has 0 spiro atoms. The lowest BCUT2D eigenvalue weighted by atomic mass is 10.2. The molecule has 0 amide bonds. The maximum Gasteiger partial charge on any atom is 0.331 e. The van der Waals surface area contributed by atoms with E-state index in [-0.39, 0.29) is 6.16 Å². The quantitative estimate of drug-likeness (QED) is 0.611. The van der Waals surface area contributed by atoms with Gasteiger partial charge in [0.15, 0.2) is 0 Å². The van der Waals surface area contributed by atoms with Crippen LogP contribution in [0, 0.1) is 0 Å². The molecule has 11 heavy (non-hydrogen) atoms. The maximum absolute atomic E-state index is 11.4. The summed E-state index contributed by atoms with van der Waals surface area (Å²) in [7, 11) is -2.16. The van der Waals surface area contributed by atoms with Crippen LogP contribution in [0.3, 0.4) is 0 Å². The Bertz CT molecular complexity index is 277. The Morgan fingerprint density at radius 1 is 1.55 bits per heavy atom. The van der Waals surface area contributed by atoms with Crippen molar-refractivity contribution < 1.29 is 14.5 Å². The van der Waals surface area contributed by atoms with Gasteiger partial charge in [0.25, 0.3) is 0 Å². The molecule has 1 unspecified atom stereocenters. The first kappa shape index (κ1) is 8.54. The van der Waals surface area contributed by atoms with E-state index in [4.69, 9.17) is 5.11 Å². The number of carboxylic acid groups (broad SMARTS) is 1. The summed E-state index contributed by atoms with van der Waals surface area (Å²) in [5.74, 6) is -0.915. The molecule has 1 atom stereocenters. The zero-order valence-electron chi connectivity index (χ0n) is 6.63. The van der Waals surface area contributed by atoms with E-state index in [9.17, 15) is 9.36 Å². The Hall–Kier alpha value is -0.560. The van der Waals surface area contributed by atoms with Gasteiger partial charge < -0.3 is 9.67 Å². The number of hydrogen-bond acceptors (Lipinski definition) is 2. The molecule has 1 N–H and O–H groups in total. The van der Waals surface area contributed by atoms with Gasteiger partial charge in [-0.3, -0.25) is 0 Å². The standard InChI is InChI=1S/C7H11O3P/c1-5-3-11(2,10)4-6(5)7(8)9/h3-4H2,1-2H3,(H,8,9). The molecule has 0 bridgehead atoms. The summed E-state index contributed by atoms with van der Waals surface area (Å²) >= 11 is 0. The van der Waals surface area contributed by atoms with E-state index in [1.54, 1.807) is 13.6 Å². The smallest absolute Gasteiger partial charge is 0.331 e. The molecule has 0 aromatic carbocycles. The zero-order chi connectivity index (χ0) is 8.65. The van der Waals surface area contributed by atoms with E-state index in [1.165, 1.54) is 0 Å². The van der Waals surface area contributed by atoms with E-state index in [1.807, 2.05) is 0 Å². The number of allylic oxidation sites excluding steroid dienone is 1. The molecule has 0 saturated carbocycles. The maximum atomic E-state index is 11.4. The Labute approximate surface area is 65.5 Å². The Morgan fingerprint density at radius 2 is 2.09 bits per heavy atom. The largest absolute Gasteiger partial charge is 0.478 e. The molecule has 3 nitrogen and oxygen atoms in total. The third-order valence-electron chi connectivity index (χ3n) is 1.84. The van der Waals surface area contributed by atoms with Crippen molar-refractivity contribution >= 4 is 13.1 Å². The Morgan fingerprint density at radius 3 is 2.27 bits per heavy atom. The van der Waals surface area contributed by atoms with Gasteiger partial charge in [-0.15, -0.1) is 0 Å². The molecule has 0 fully saturated rings. The number of aliphatic carboxylic acids is 1. The van der Waals surface area contributed by atoms with Gasteiger partial charge in [-0.2, -0.15) is 0 Å². The lowest BCUT2D eigenvalue weighted by molar-refractivity contribution is -0.132. The van der Waals surface area contributed by atoms with Crippen molar-refractivity contribution in [1.82, 2.24) is 0 Å². The van der Waals surface area contributed by atoms with Crippen LogP contribution in [0.5, 0.6) is 0 Å². The van der Waals surface area contributed by atoms with Crippen LogP contribution < -0.4 is 0 Å². The molecular formula is C7H11O3P. The van der Waals surface area contributed by atoms with Gasteiger partial charge in [-0.25, -0.2) is 4.79 Å². The highest BCUT2D eigenvalue weighted by Crippen LogP contribution is 2.50. The van der Waals surface area contributed by atoms with E-state index in [0.29, 0.717) is 11.7 Å². The minimum absolute atomic E-state index is 0.272. The second-order valence-electron chi connectivity index (χ2n) is 3.18. The number of hydrogen-bond donors (Lipinski definition) is 1. The van der Waals surface area contributed by atoms with Crippen LogP contribution in [0.2, 0.25) is 0 Å². The summed E-state index contributed by atoms with van der Waals surface area (Å²) in [5, 5.41) is 8.64. The molecule has 0 saturated heterocycles. The van der Waals surface area contributed by atoms with Crippen LogP contribution in [0.25, 0.3) is 0 Å². The third-order valence-corrected chi connectivity index (χ3v) is 3.97. The highest BCUT2D eigenvalue weighted by atomic mass is 31.2. The molecule has 1 heterocycles. The summed E-state index contributed by atoms with van der Waals surface area (Å²) in [6, 6.07) is 0. The van der Waals surface area contributed by atoms with Crippen molar-refractivity contribution in [2.75, 3.05) is 19.0 Å². The van der Waals surface area contributed by atoms with Gasteiger partial charge in [-0.1, -0.05) is 5.57 Å². The molecule has 1 aliphatic heterocycles. The average molecular weight is 174 g/mol. The third kappa shape index (κ3) is 1.72. The van der Waals surface area contributed by atoms with Crippen molar-refractivity contribution in [3.8, 4) is 0 Å². The first-order chi connectivity index (χ1) is 4.92. The second kappa shape index (κ2) is 2.49. The summed E-state index contributed by atoms with van der Waals surface area (Å²) in [6.07, 6.45) is 0.753. The van der Waals surface area contributed by atoms with Gasteiger partial charge in [-0.05, 0) is 13.6 Å². The van der Waals surface area contributed by atoms with Gasteiger partial charge >= 0.3 is 5.97 Å². The van der Waals surface area contributed by atoms with Gasteiger partial charge in [0.2, 0.25) is 0 Å². The average Bonchev–Trinajstić information content (AvgIpc) is 2.05.